The summed E-state index contributed by atoms with van der Waals surface area (Å²) in [5.41, 5.74) is 1.02. The van der Waals surface area contributed by atoms with Crippen molar-refractivity contribution in [2.75, 3.05) is 34.1 Å². The van der Waals surface area contributed by atoms with Gasteiger partial charge in [0, 0.05) is 29.3 Å². The minimum atomic E-state index is -4.47. The SMILES string of the molecule is CNCCOC(=O)OCOc1c(-c2ccc(C(F)(F)F)cc2)c(C)nc2cc(OC)c(Cl)cc12.Cl. The summed E-state index contributed by atoms with van der Waals surface area (Å²) in [6, 6.07) is 7.77. The number of pyridine rings is 1. The minimum Gasteiger partial charge on any atom is -0.495 e. The number of aryl methyl sites for hydroxylation is 1. The van der Waals surface area contributed by atoms with Crippen LogP contribution in [0.2, 0.25) is 5.02 Å². The second kappa shape index (κ2) is 12.1. The van der Waals surface area contributed by atoms with E-state index in [1.165, 1.54) is 19.2 Å². The van der Waals surface area contributed by atoms with Crippen molar-refractivity contribution in [2.45, 2.75) is 13.1 Å². The number of nitrogens with one attached hydrogen (secondary N) is 1. The van der Waals surface area contributed by atoms with Gasteiger partial charge in [-0.2, -0.15) is 13.2 Å². The summed E-state index contributed by atoms with van der Waals surface area (Å²) in [4.78, 5) is 16.3. The van der Waals surface area contributed by atoms with Gasteiger partial charge >= 0.3 is 12.3 Å². The lowest BCUT2D eigenvalue weighted by Crippen LogP contribution is -2.19. The zero-order valence-corrected chi connectivity index (χ0v) is 20.6. The average Bonchev–Trinajstić information content (AvgIpc) is 2.79. The second-order valence-electron chi connectivity index (χ2n) is 7.09. The van der Waals surface area contributed by atoms with E-state index in [4.69, 9.17) is 30.5 Å². The van der Waals surface area contributed by atoms with Crippen molar-refractivity contribution < 1.29 is 36.9 Å². The molecule has 12 heteroatoms. The van der Waals surface area contributed by atoms with Crippen molar-refractivity contribution in [1.29, 1.82) is 0 Å². The Morgan fingerprint density at radius 1 is 1.14 bits per heavy atom. The second-order valence-corrected chi connectivity index (χ2v) is 7.50. The van der Waals surface area contributed by atoms with Crippen molar-refractivity contribution in [3.63, 3.8) is 0 Å². The Morgan fingerprint density at radius 3 is 2.43 bits per heavy atom. The molecule has 1 heterocycles. The number of methoxy groups -OCH3 is 1. The van der Waals surface area contributed by atoms with Crippen LogP contribution in [0.15, 0.2) is 36.4 Å². The van der Waals surface area contributed by atoms with Crippen LogP contribution in [0.25, 0.3) is 22.0 Å². The van der Waals surface area contributed by atoms with Gasteiger partial charge in [0.25, 0.3) is 0 Å². The molecule has 35 heavy (non-hydrogen) atoms. The molecule has 0 radical (unpaired) electrons. The molecule has 0 amide bonds. The van der Waals surface area contributed by atoms with Gasteiger partial charge in [-0.25, -0.2) is 4.79 Å². The van der Waals surface area contributed by atoms with Gasteiger partial charge in [-0.15, -0.1) is 12.4 Å². The molecular weight excluding hydrogens is 512 g/mol. The molecule has 1 N–H and O–H groups in total. The molecule has 0 unspecified atom stereocenters. The van der Waals surface area contributed by atoms with Crippen molar-refractivity contribution in [3.8, 4) is 22.6 Å². The third-order valence-corrected chi connectivity index (χ3v) is 5.14. The summed E-state index contributed by atoms with van der Waals surface area (Å²) in [5, 5.41) is 3.55. The standard InChI is InChI=1S/C23H22ClF3N2O5.ClH/c1-13-20(14-4-6-15(7-5-14)23(25,26)27)21(33-12-34-22(30)32-9-8-28-2)16-10-17(24)19(31-3)11-18(16)29-13;/h4-7,10-11,28H,8-9,12H2,1-3H3;1H. The van der Waals surface area contributed by atoms with Crippen LogP contribution < -0.4 is 14.8 Å². The highest BCUT2D eigenvalue weighted by atomic mass is 35.5. The Morgan fingerprint density at radius 2 is 1.83 bits per heavy atom. The first-order valence-corrected chi connectivity index (χ1v) is 10.5. The minimum absolute atomic E-state index is 0. The van der Waals surface area contributed by atoms with Crippen LogP contribution in [-0.2, 0) is 15.7 Å². The summed E-state index contributed by atoms with van der Waals surface area (Å²) in [5.74, 6) is 0.619. The first-order valence-electron chi connectivity index (χ1n) is 10.1. The number of aromatic nitrogens is 1. The van der Waals surface area contributed by atoms with Gasteiger partial charge in [0.05, 0.1) is 23.2 Å². The van der Waals surface area contributed by atoms with E-state index >= 15 is 0 Å². The number of alkyl halides is 3. The van der Waals surface area contributed by atoms with E-state index in [9.17, 15) is 18.0 Å². The van der Waals surface area contributed by atoms with Gasteiger partial charge in [0.15, 0.2) is 0 Å². The van der Waals surface area contributed by atoms with Gasteiger partial charge in [0.2, 0.25) is 6.79 Å². The molecule has 0 atom stereocenters. The van der Waals surface area contributed by atoms with Crippen LogP contribution >= 0.6 is 24.0 Å². The molecule has 7 nitrogen and oxygen atoms in total. The van der Waals surface area contributed by atoms with Crippen LogP contribution in [0, 0.1) is 6.92 Å². The number of carbonyl (C=O) groups is 1. The Balaban J connectivity index is 0.00000432. The van der Waals surface area contributed by atoms with Crippen LogP contribution in [0.1, 0.15) is 11.3 Å². The number of nitrogens with zero attached hydrogens (tertiary/aromatic N) is 1. The number of likely N-dealkylation sites (N-methyl/N-ethyl adjacent to an activating group) is 1. The third kappa shape index (κ3) is 6.81. The summed E-state index contributed by atoms with van der Waals surface area (Å²) >= 11 is 6.30. The fourth-order valence-electron chi connectivity index (χ4n) is 3.24. The molecule has 1 aromatic heterocycles. The molecule has 3 rings (SSSR count). The normalized spacial score (nSPS) is 11.1. The zero-order valence-electron chi connectivity index (χ0n) is 19.0. The largest absolute Gasteiger partial charge is 0.511 e. The maximum Gasteiger partial charge on any atom is 0.511 e. The number of carbonyl (C=O) groups excluding carboxylic acids is 1. The van der Waals surface area contributed by atoms with Crippen molar-refractivity contribution in [2.24, 2.45) is 0 Å². The Labute approximate surface area is 210 Å². The van der Waals surface area contributed by atoms with E-state index in [0.29, 0.717) is 40.0 Å². The monoisotopic (exact) mass is 534 g/mol. The third-order valence-electron chi connectivity index (χ3n) is 4.84. The molecule has 0 bridgehead atoms. The molecule has 0 saturated heterocycles. The van der Waals surface area contributed by atoms with E-state index in [1.807, 2.05) is 0 Å². The van der Waals surface area contributed by atoms with Gasteiger partial charge in [0.1, 0.15) is 18.1 Å². The molecule has 0 saturated carbocycles. The number of benzene rings is 2. The summed E-state index contributed by atoms with van der Waals surface area (Å²) in [7, 11) is 3.17. The molecule has 0 aliphatic rings. The van der Waals surface area contributed by atoms with E-state index in [0.717, 1.165) is 12.1 Å². The molecule has 190 valence electrons. The van der Waals surface area contributed by atoms with E-state index in [2.05, 4.69) is 10.3 Å². The van der Waals surface area contributed by atoms with Gasteiger partial charge in [-0.3, -0.25) is 4.98 Å². The van der Waals surface area contributed by atoms with Crippen LogP contribution in [0.4, 0.5) is 18.0 Å². The predicted octanol–water partition coefficient (Wildman–Crippen LogP) is 6.02. The van der Waals surface area contributed by atoms with Gasteiger partial charge in [-0.05, 0) is 37.7 Å². The first kappa shape index (κ1) is 28.3. The highest BCUT2D eigenvalue weighted by Gasteiger charge is 2.30. The summed E-state index contributed by atoms with van der Waals surface area (Å²) < 4.78 is 60.0. The molecule has 3 aromatic rings. The summed E-state index contributed by atoms with van der Waals surface area (Å²) in [6.45, 7) is 1.74. The maximum atomic E-state index is 13.0. The molecule has 0 fully saturated rings. The molecule has 2 aromatic carbocycles. The fraction of sp³-hybridized carbons (Fsp3) is 0.304. The van der Waals surface area contributed by atoms with Crippen LogP contribution in [0.3, 0.4) is 0 Å². The first-order chi connectivity index (χ1) is 16.2. The molecule has 0 aliphatic carbocycles. The lowest BCUT2D eigenvalue weighted by molar-refractivity contribution is -0.137. The van der Waals surface area contributed by atoms with E-state index in [1.54, 1.807) is 26.1 Å². The number of rotatable bonds is 8. The number of ether oxygens (including phenoxy) is 4. The van der Waals surface area contributed by atoms with Crippen molar-refractivity contribution >= 4 is 41.1 Å². The Kier molecular flexibility index (Phi) is 9.82. The Bertz CT molecular complexity index is 1170. The number of fused-ring (bicyclic) bond motifs is 1. The van der Waals surface area contributed by atoms with Crippen LogP contribution in [-0.4, -0.2) is 45.2 Å². The zero-order chi connectivity index (χ0) is 24.9. The average molecular weight is 535 g/mol. The van der Waals surface area contributed by atoms with E-state index < -0.39 is 24.7 Å². The lowest BCUT2D eigenvalue weighted by atomic mass is 9.99. The number of hydrogen-bond acceptors (Lipinski definition) is 7. The van der Waals surface area contributed by atoms with Gasteiger partial charge < -0.3 is 24.3 Å². The number of halogens is 5. The summed E-state index contributed by atoms with van der Waals surface area (Å²) in [6.07, 6.45) is -5.40. The fourth-order valence-corrected chi connectivity index (χ4v) is 3.48. The van der Waals surface area contributed by atoms with Crippen molar-refractivity contribution in [3.05, 3.63) is 52.7 Å². The molecular formula is C23H23Cl2F3N2O5. The molecule has 0 aliphatic heterocycles. The maximum absolute atomic E-state index is 13.0. The highest BCUT2D eigenvalue weighted by Crippen LogP contribution is 2.42. The molecule has 0 spiro atoms. The topological polar surface area (TPSA) is 78.9 Å². The highest BCUT2D eigenvalue weighted by molar-refractivity contribution is 6.33. The van der Waals surface area contributed by atoms with Crippen LogP contribution in [0.5, 0.6) is 11.5 Å². The number of hydrogen-bond donors (Lipinski definition) is 1. The smallest absolute Gasteiger partial charge is 0.495 e. The predicted molar refractivity (Wildman–Crippen MR) is 128 cm³/mol. The van der Waals surface area contributed by atoms with E-state index in [-0.39, 0.29) is 29.8 Å². The lowest BCUT2D eigenvalue weighted by Gasteiger charge is -2.18. The quantitative estimate of drug-likeness (QED) is 0.215. The Hall–Kier alpha value is -2.95. The van der Waals surface area contributed by atoms with Gasteiger partial charge in [-0.1, -0.05) is 23.7 Å². The van der Waals surface area contributed by atoms with Crippen molar-refractivity contribution in [1.82, 2.24) is 10.3 Å².